The van der Waals surface area contributed by atoms with Gasteiger partial charge >= 0.3 is 0 Å². The molecule has 4 heterocycles. The van der Waals surface area contributed by atoms with Crippen molar-refractivity contribution in [1.82, 2.24) is 0 Å². The summed E-state index contributed by atoms with van der Waals surface area (Å²) >= 11 is 0. The van der Waals surface area contributed by atoms with Gasteiger partial charge in [0.1, 0.15) is 46.0 Å². The fourth-order valence-electron chi connectivity index (χ4n) is 14.9. The number of methoxy groups -OCH3 is 8. The average Bonchev–Trinajstić information content (AvgIpc) is 0.746. The standard InChI is InChI=1S/C46H32N2O8.C40H28N2O8/c1-53-35-21-17-31-39-32(18-22-36(54-2)41(35)39)44(50)47(43(31)49)29-13-9-27(10-14-29)25-5-7-26(8-6-25)28-11-15-30(16-12-28)48-45(51)33-19-23-37(55-3)42-38(56-4)24-20-34(40(33)42)46(48)52;1-47-29-17-13-25-33-26(14-18-30(48-2)35(29)33)38(44)41(37(25)43)23-9-5-21(6-10-23)22-7-11-24(12-8-22)42-39(45)27-15-19-31(49-3)36-32(50-4)20-16-28(34(27)36)40(42)46/h5-24H,1-4H3;5-20H,1-4H3. The lowest BCUT2D eigenvalue weighted by molar-refractivity contribution is 0.0877. The number of anilines is 4. The number of rotatable bonds is 15. The van der Waals surface area contributed by atoms with Gasteiger partial charge in [0.15, 0.2) is 0 Å². The second-order valence-corrected chi connectivity index (χ2v) is 25.1. The molecule has 0 unspecified atom stereocenters. The molecule has 13 aromatic carbocycles. The summed E-state index contributed by atoms with van der Waals surface area (Å²) in [5.41, 5.74) is 10.1. The van der Waals surface area contributed by atoms with Crippen LogP contribution in [0.5, 0.6) is 46.0 Å². The Labute approximate surface area is 605 Å². The summed E-state index contributed by atoms with van der Waals surface area (Å²) in [5.74, 6) is 0.562. The Morgan fingerprint density at radius 3 is 0.406 bits per heavy atom. The molecule has 0 bridgehead atoms. The highest BCUT2D eigenvalue weighted by atomic mass is 16.5. The number of carbonyl (C=O) groups excluding carboxylic acids is 8. The van der Waals surface area contributed by atoms with E-state index in [1.807, 2.05) is 72.8 Å². The maximum Gasteiger partial charge on any atom is 0.265 e. The number of amides is 8. The van der Waals surface area contributed by atoms with Crippen molar-refractivity contribution in [2.45, 2.75) is 0 Å². The first-order valence-corrected chi connectivity index (χ1v) is 33.4. The average molecular weight is 1410 g/mol. The Bertz CT molecular complexity index is 5390. The first kappa shape index (κ1) is 66.4. The lowest BCUT2D eigenvalue weighted by Crippen LogP contribution is -2.40. The third-order valence-corrected chi connectivity index (χ3v) is 20.0. The van der Waals surface area contributed by atoms with Crippen molar-refractivity contribution in [1.29, 1.82) is 0 Å². The Morgan fingerprint density at radius 2 is 0.283 bits per heavy atom. The predicted octanol–water partition coefficient (Wildman–Crippen LogP) is 16.3. The van der Waals surface area contributed by atoms with Gasteiger partial charge < -0.3 is 37.9 Å². The molecule has 4 aliphatic heterocycles. The van der Waals surface area contributed by atoms with E-state index in [9.17, 15) is 38.4 Å². The largest absolute Gasteiger partial charge is 0.496 e. The Morgan fingerprint density at radius 1 is 0.160 bits per heavy atom. The van der Waals surface area contributed by atoms with Gasteiger partial charge in [-0.25, -0.2) is 19.6 Å². The number of carbonyl (C=O) groups is 8. The van der Waals surface area contributed by atoms with Crippen LogP contribution in [0.25, 0.3) is 76.5 Å². The van der Waals surface area contributed by atoms with Crippen molar-refractivity contribution >= 4 is 113 Å². The predicted molar refractivity (Wildman–Crippen MR) is 402 cm³/mol. The molecular weight excluding hydrogens is 1340 g/mol. The van der Waals surface area contributed by atoms with E-state index in [1.54, 1.807) is 146 Å². The minimum absolute atomic E-state index is 0.368. The number of hydrogen-bond acceptors (Lipinski definition) is 16. The van der Waals surface area contributed by atoms with Crippen LogP contribution in [0.3, 0.4) is 0 Å². The first-order chi connectivity index (χ1) is 51.6. The van der Waals surface area contributed by atoms with Crippen molar-refractivity contribution in [3.63, 3.8) is 0 Å². The second kappa shape index (κ2) is 26.0. The first-order valence-electron chi connectivity index (χ1n) is 33.4. The minimum Gasteiger partial charge on any atom is -0.496 e. The van der Waals surface area contributed by atoms with Gasteiger partial charge in [-0.15, -0.1) is 0 Å². The van der Waals surface area contributed by atoms with Crippen LogP contribution in [-0.2, 0) is 0 Å². The van der Waals surface area contributed by atoms with Crippen LogP contribution in [0.2, 0.25) is 0 Å². The molecular formula is C86H60N4O16. The summed E-state index contributed by atoms with van der Waals surface area (Å²) in [6.07, 6.45) is 0. The van der Waals surface area contributed by atoms with E-state index in [0.29, 0.717) is 156 Å². The number of ether oxygens (including phenoxy) is 8. The quantitative estimate of drug-likeness (QED) is 0.0870. The molecule has 0 aromatic heterocycles. The Hall–Kier alpha value is -14.1. The monoisotopic (exact) mass is 1400 g/mol. The smallest absolute Gasteiger partial charge is 0.265 e. The normalized spacial score (nSPS) is 13.5. The van der Waals surface area contributed by atoms with Crippen LogP contribution in [0.15, 0.2) is 218 Å². The van der Waals surface area contributed by atoms with E-state index in [1.165, 1.54) is 76.5 Å². The van der Waals surface area contributed by atoms with E-state index < -0.39 is 47.3 Å². The fourth-order valence-corrected chi connectivity index (χ4v) is 14.9. The van der Waals surface area contributed by atoms with E-state index in [4.69, 9.17) is 37.9 Å². The van der Waals surface area contributed by atoms with Crippen LogP contribution < -0.4 is 57.5 Å². The van der Waals surface area contributed by atoms with Gasteiger partial charge in [-0.2, -0.15) is 0 Å². The maximum absolute atomic E-state index is 13.8. The van der Waals surface area contributed by atoms with Gasteiger partial charge in [0.05, 0.1) is 101 Å². The third-order valence-electron chi connectivity index (χ3n) is 20.0. The molecule has 106 heavy (non-hydrogen) atoms. The summed E-state index contributed by atoms with van der Waals surface area (Å²) in [6, 6.07) is 63.6. The summed E-state index contributed by atoms with van der Waals surface area (Å²) in [6.45, 7) is 0. The zero-order valence-electron chi connectivity index (χ0n) is 58.1. The maximum atomic E-state index is 13.8. The van der Waals surface area contributed by atoms with E-state index in [-0.39, 0.29) is 0 Å². The van der Waals surface area contributed by atoms with Crippen molar-refractivity contribution in [3.8, 4) is 79.4 Å². The highest BCUT2D eigenvalue weighted by Gasteiger charge is 2.41. The molecule has 0 spiro atoms. The van der Waals surface area contributed by atoms with E-state index >= 15 is 0 Å². The van der Waals surface area contributed by atoms with Crippen LogP contribution in [-0.4, -0.2) is 104 Å². The number of hydrogen-bond donors (Lipinski definition) is 0. The van der Waals surface area contributed by atoms with Crippen molar-refractivity contribution in [3.05, 3.63) is 263 Å². The van der Waals surface area contributed by atoms with Crippen molar-refractivity contribution < 1.29 is 76.3 Å². The number of nitrogens with zero attached hydrogens (tertiary/aromatic N) is 4. The minimum atomic E-state index is -0.453. The molecule has 0 atom stereocenters. The van der Waals surface area contributed by atoms with Crippen molar-refractivity contribution in [2.75, 3.05) is 76.5 Å². The zero-order chi connectivity index (χ0) is 73.7. The van der Waals surface area contributed by atoms with Crippen LogP contribution in [0.1, 0.15) is 82.9 Å². The molecule has 0 aliphatic carbocycles. The second-order valence-electron chi connectivity index (χ2n) is 25.1. The molecule has 0 saturated heterocycles. The van der Waals surface area contributed by atoms with Crippen LogP contribution in [0, 0.1) is 0 Å². The molecule has 0 fully saturated rings. The molecule has 0 radical (unpaired) electrons. The third kappa shape index (κ3) is 10.2. The molecule has 17 rings (SSSR count). The molecule has 20 nitrogen and oxygen atoms in total. The van der Waals surface area contributed by atoms with Gasteiger partial charge in [-0.1, -0.05) is 72.8 Å². The molecule has 0 N–H and O–H groups in total. The van der Waals surface area contributed by atoms with E-state index in [2.05, 4.69) is 0 Å². The zero-order valence-corrected chi connectivity index (χ0v) is 58.1. The van der Waals surface area contributed by atoms with E-state index in [0.717, 1.165) is 33.4 Å². The molecule has 8 amide bonds. The SMILES string of the molecule is COc1ccc2c3c(ccc(OC)c13)C(=O)N(c1ccc(-c3ccc(-c4ccc(N5C(=O)c6ccc(OC)c7c(OC)ccc(c67)C5=O)cc4)cc3)cc1)C2=O.COc1ccc2c3c(ccc(OC)c13)C(=O)N(c1ccc(-c3ccc(N4C(=O)c5ccc(OC)c6c(OC)ccc(c56)C4=O)cc3)cc1)C2=O. The molecule has 20 heteroatoms. The Balaban J connectivity index is 0.000000164. The van der Waals surface area contributed by atoms with Crippen molar-refractivity contribution in [2.24, 2.45) is 0 Å². The molecule has 0 saturated carbocycles. The van der Waals surface area contributed by atoms with Gasteiger partial charge in [0.25, 0.3) is 47.3 Å². The van der Waals surface area contributed by atoms with Gasteiger partial charge in [0, 0.05) is 66.1 Å². The summed E-state index contributed by atoms with van der Waals surface area (Å²) in [4.78, 5) is 115. The number of benzene rings is 13. The highest BCUT2D eigenvalue weighted by Crippen LogP contribution is 2.48. The van der Waals surface area contributed by atoms with Crippen LogP contribution >= 0.6 is 0 Å². The fraction of sp³-hybridized carbons (Fsp3) is 0.0930. The highest BCUT2D eigenvalue weighted by molar-refractivity contribution is 6.40. The molecule has 4 aliphatic rings. The summed E-state index contributed by atoms with van der Waals surface area (Å²) in [5, 5.41) is 4.33. The van der Waals surface area contributed by atoms with Crippen LogP contribution in [0.4, 0.5) is 22.7 Å². The summed E-state index contributed by atoms with van der Waals surface area (Å²) in [7, 11) is 12.3. The van der Waals surface area contributed by atoms with Gasteiger partial charge in [-0.05, 0) is 179 Å². The Kier molecular flexibility index (Phi) is 16.3. The number of imide groups is 4. The lowest BCUT2D eigenvalue weighted by atomic mass is 9.92. The van der Waals surface area contributed by atoms with Gasteiger partial charge in [-0.3, -0.25) is 38.4 Å². The summed E-state index contributed by atoms with van der Waals surface area (Å²) < 4.78 is 44.2. The molecule has 13 aromatic rings. The topological polar surface area (TPSA) is 223 Å². The van der Waals surface area contributed by atoms with Gasteiger partial charge in [0.2, 0.25) is 0 Å². The lowest BCUT2D eigenvalue weighted by Gasteiger charge is -2.28. The molecule has 520 valence electrons.